The monoisotopic (exact) mass is 591 g/mol. The Labute approximate surface area is 241 Å². The Morgan fingerprint density at radius 2 is 1.72 bits per heavy atom. The van der Waals surface area contributed by atoms with E-state index in [9.17, 15) is 23.4 Å². The van der Waals surface area contributed by atoms with Crippen LogP contribution in [0.5, 0.6) is 0 Å². The first-order valence-corrected chi connectivity index (χ1v) is 14.9. The van der Waals surface area contributed by atoms with Crippen molar-refractivity contribution in [1.29, 1.82) is 0 Å². The van der Waals surface area contributed by atoms with E-state index in [0.29, 0.717) is 18.0 Å². The topological polar surface area (TPSA) is 104 Å². The van der Waals surface area contributed by atoms with Crippen LogP contribution in [-0.2, 0) is 16.3 Å². The van der Waals surface area contributed by atoms with Gasteiger partial charge in [-0.05, 0) is 85.2 Å². The molecule has 0 heterocycles. The van der Waals surface area contributed by atoms with Gasteiger partial charge in [0.15, 0.2) is 0 Å². The van der Waals surface area contributed by atoms with Gasteiger partial charge < -0.3 is 15.5 Å². The molecular weight excluding hydrogens is 557 g/mol. The number of carboxylic acids is 1. The van der Waals surface area contributed by atoms with Crippen LogP contribution in [0.25, 0.3) is 0 Å². The second-order valence-electron chi connectivity index (χ2n) is 10.1. The largest absolute Gasteiger partial charge is 0.478 e. The number of aliphatic hydroxyl groups is 1. The summed E-state index contributed by atoms with van der Waals surface area (Å²) in [6.45, 7) is 2.34. The molecule has 0 bridgehead atoms. The minimum absolute atomic E-state index is 0. The summed E-state index contributed by atoms with van der Waals surface area (Å²) < 4.78 is 26.8. The van der Waals surface area contributed by atoms with Crippen molar-refractivity contribution in [2.75, 3.05) is 6.54 Å². The van der Waals surface area contributed by atoms with E-state index in [1.54, 1.807) is 42.5 Å². The molecule has 0 spiro atoms. The molecule has 0 amide bonds. The first kappa shape index (κ1) is 31.1. The fraction of sp³-hybridized carbons (Fsp3) is 0.367. The van der Waals surface area contributed by atoms with E-state index in [4.69, 9.17) is 11.6 Å². The zero-order chi connectivity index (χ0) is 27.3. The summed E-state index contributed by atoms with van der Waals surface area (Å²) in [5.74, 6) is -0.960. The molecule has 9 heteroatoms. The average molecular weight is 593 g/mol. The molecule has 210 valence electrons. The van der Waals surface area contributed by atoms with Crippen molar-refractivity contribution in [3.8, 4) is 0 Å². The summed E-state index contributed by atoms with van der Waals surface area (Å²) in [6, 6.07) is 18.4. The summed E-state index contributed by atoms with van der Waals surface area (Å²) in [5.41, 5.74) is 2.39. The Bertz CT molecular complexity index is 1370. The van der Waals surface area contributed by atoms with Gasteiger partial charge in [0, 0.05) is 17.6 Å². The highest BCUT2D eigenvalue weighted by atomic mass is 35.5. The highest BCUT2D eigenvalue weighted by molar-refractivity contribution is 7.91. The number of nitrogens with one attached hydrogen (secondary N) is 1. The normalized spacial score (nSPS) is 15.8. The highest BCUT2D eigenvalue weighted by Gasteiger charge is 2.26. The second-order valence-corrected chi connectivity index (χ2v) is 12.5. The van der Waals surface area contributed by atoms with Crippen molar-refractivity contribution in [3.63, 3.8) is 0 Å². The van der Waals surface area contributed by atoms with Crippen LogP contribution in [0.3, 0.4) is 0 Å². The number of hydrogen-bond acceptors (Lipinski definition) is 5. The quantitative estimate of drug-likeness (QED) is 0.245. The summed E-state index contributed by atoms with van der Waals surface area (Å²) in [4.78, 5) is 11.9. The van der Waals surface area contributed by atoms with Gasteiger partial charge in [-0.15, -0.1) is 12.4 Å². The fourth-order valence-corrected chi connectivity index (χ4v) is 6.77. The van der Waals surface area contributed by atoms with Crippen LogP contribution in [0.4, 0.5) is 0 Å². The maximum absolute atomic E-state index is 13.4. The molecule has 3 aromatic carbocycles. The minimum Gasteiger partial charge on any atom is -0.478 e. The standard InChI is InChI=1S/C30H34ClNO5S.ClH/c1-20(32-19-28(33)24-8-5-9-25(31)17-24)16-21-10-13-26(14-11-21)38(36,37)29-15-12-23(18-27(29)30(34)35)22-6-3-2-4-7-22;/h5,8-15,17-18,20,22,28,32-33H,2-4,6-7,16,19H2,1H3,(H,34,35);1H/t20-,28-;/m1./s1. The third-order valence-corrected chi connectivity index (χ3v) is 9.33. The number of benzene rings is 3. The van der Waals surface area contributed by atoms with Gasteiger partial charge in [-0.2, -0.15) is 0 Å². The third-order valence-electron chi connectivity index (χ3n) is 7.27. The number of rotatable bonds is 10. The molecule has 4 rings (SSSR count). The molecule has 0 unspecified atom stereocenters. The van der Waals surface area contributed by atoms with E-state index in [1.807, 2.05) is 13.0 Å². The van der Waals surface area contributed by atoms with Crippen molar-refractivity contribution in [2.45, 2.75) is 73.3 Å². The van der Waals surface area contributed by atoms with E-state index in [-0.39, 0.29) is 39.7 Å². The Hall–Kier alpha value is -2.42. The summed E-state index contributed by atoms with van der Waals surface area (Å²) in [6.07, 6.45) is 5.32. The van der Waals surface area contributed by atoms with E-state index in [0.717, 1.165) is 42.4 Å². The molecule has 39 heavy (non-hydrogen) atoms. The molecule has 6 nitrogen and oxygen atoms in total. The van der Waals surface area contributed by atoms with Gasteiger partial charge in [0.25, 0.3) is 0 Å². The van der Waals surface area contributed by atoms with Crippen LogP contribution >= 0.6 is 24.0 Å². The molecule has 1 saturated carbocycles. The lowest BCUT2D eigenvalue weighted by Gasteiger charge is -2.22. The molecule has 0 aliphatic heterocycles. The SMILES string of the molecule is C[C@H](Cc1ccc(S(=O)(=O)c2ccc(C3CCCCC3)cc2C(=O)O)cc1)NC[C@@H](O)c1cccc(Cl)c1.Cl. The lowest BCUT2D eigenvalue weighted by Crippen LogP contribution is -2.32. The van der Waals surface area contributed by atoms with Crippen LogP contribution in [0.15, 0.2) is 76.5 Å². The fourth-order valence-electron chi connectivity index (χ4n) is 5.14. The van der Waals surface area contributed by atoms with Gasteiger partial charge in [-0.25, -0.2) is 13.2 Å². The molecule has 3 N–H and O–H groups in total. The van der Waals surface area contributed by atoms with Gasteiger partial charge >= 0.3 is 5.97 Å². The first-order chi connectivity index (χ1) is 18.1. The number of halogens is 2. The predicted octanol–water partition coefficient (Wildman–Crippen LogP) is 6.59. The Balaban J connectivity index is 0.00000420. The van der Waals surface area contributed by atoms with Crippen molar-refractivity contribution in [2.24, 2.45) is 0 Å². The predicted molar refractivity (Wildman–Crippen MR) is 156 cm³/mol. The maximum atomic E-state index is 13.4. The summed E-state index contributed by atoms with van der Waals surface area (Å²) >= 11 is 6.00. The van der Waals surface area contributed by atoms with Crippen molar-refractivity contribution < 1.29 is 23.4 Å². The molecule has 1 aliphatic rings. The number of aliphatic hydroxyl groups excluding tert-OH is 1. The van der Waals surface area contributed by atoms with Crippen LogP contribution in [0, 0.1) is 0 Å². The van der Waals surface area contributed by atoms with Crippen molar-refractivity contribution >= 4 is 39.8 Å². The zero-order valence-corrected chi connectivity index (χ0v) is 24.2. The number of aromatic carboxylic acids is 1. The lowest BCUT2D eigenvalue weighted by atomic mass is 9.83. The second kappa shape index (κ2) is 13.8. The van der Waals surface area contributed by atoms with Crippen LogP contribution < -0.4 is 5.32 Å². The number of carbonyl (C=O) groups is 1. The minimum atomic E-state index is -4.00. The number of carboxylic acid groups (broad SMARTS) is 1. The molecular formula is C30H35Cl2NO5S. The highest BCUT2D eigenvalue weighted by Crippen LogP contribution is 2.35. The van der Waals surface area contributed by atoms with E-state index in [1.165, 1.54) is 24.6 Å². The molecule has 3 aromatic rings. The van der Waals surface area contributed by atoms with E-state index in [2.05, 4.69) is 5.32 Å². The molecule has 0 aromatic heterocycles. The van der Waals surface area contributed by atoms with Gasteiger partial charge in [0.05, 0.1) is 21.5 Å². The Morgan fingerprint density at radius 1 is 1.03 bits per heavy atom. The average Bonchev–Trinajstić information content (AvgIpc) is 2.92. The molecule has 0 radical (unpaired) electrons. The molecule has 1 aliphatic carbocycles. The van der Waals surface area contributed by atoms with Gasteiger partial charge in [0.2, 0.25) is 9.84 Å². The Kier molecular flexibility index (Phi) is 11.0. The number of hydrogen-bond donors (Lipinski definition) is 3. The molecule has 2 atom stereocenters. The zero-order valence-electron chi connectivity index (χ0n) is 21.8. The maximum Gasteiger partial charge on any atom is 0.337 e. The number of sulfone groups is 1. The van der Waals surface area contributed by atoms with Gasteiger partial charge in [-0.3, -0.25) is 0 Å². The van der Waals surface area contributed by atoms with Gasteiger partial charge in [-0.1, -0.05) is 61.2 Å². The van der Waals surface area contributed by atoms with E-state index < -0.39 is 21.9 Å². The van der Waals surface area contributed by atoms with Crippen LogP contribution in [-0.4, -0.2) is 37.2 Å². The lowest BCUT2D eigenvalue weighted by molar-refractivity contribution is 0.0692. The summed E-state index contributed by atoms with van der Waals surface area (Å²) in [5, 5.41) is 24.1. The smallest absolute Gasteiger partial charge is 0.337 e. The van der Waals surface area contributed by atoms with Crippen LogP contribution in [0.2, 0.25) is 5.02 Å². The van der Waals surface area contributed by atoms with E-state index >= 15 is 0 Å². The summed E-state index contributed by atoms with van der Waals surface area (Å²) in [7, 11) is -4.00. The van der Waals surface area contributed by atoms with Crippen molar-refractivity contribution in [1.82, 2.24) is 5.32 Å². The van der Waals surface area contributed by atoms with Gasteiger partial charge in [0.1, 0.15) is 0 Å². The Morgan fingerprint density at radius 3 is 2.36 bits per heavy atom. The van der Waals surface area contributed by atoms with Crippen LogP contribution in [0.1, 0.15) is 78.1 Å². The van der Waals surface area contributed by atoms with Crippen molar-refractivity contribution in [3.05, 3.63) is 94.0 Å². The molecule has 1 fully saturated rings. The third kappa shape index (κ3) is 7.83. The molecule has 0 saturated heterocycles. The first-order valence-electron chi connectivity index (χ1n) is 13.0.